The number of fused-ring (bicyclic) bond motifs is 34. The van der Waals surface area contributed by atoms with E-state index in [0.717, 1.165) is 0 Å². The van der Waals surface area contributed by atoms with Crippen molar-refractivity contribution in [3.05, 3.63) is 452 Å². The Bertz CT molecular complexity index is 8040. The second-order valence-electron chi connectivity index (χ2n) is 40.4. The molecule has 20 aromatic rings. The molecule has 0 aliphatic heterocycles. The summed E-state index contributed by atoms with van der Waals surface area (Å²) in [7, 11) is 0. The fraction of sp³-hybridized carbons (Fsp3) is 0.188. The summed E-state index contributed by atoms with van der Waals surface area (Å²) in [6.07, 6.45) is 0. The Balaban J connectivity index is 0.0000000935. The van der Waals surface area contributed by atoms with Gasteiger partial charge in [-0.05, 0) is 283 Å². The third-order valence-electron chi connectivity index (χ3n) is 30.5. The van der Waals surface area contributed by atoms with Crippen LogP contribution in [0.15, 0.2) is 352 Å². The van der Waals surface area contributed by atoms with Crippen molar-refractivity contribution in [2.75, 3.05) is 0 Å². The SMILES string of the molecule is Cc1cc2c(c3ccccc13)-c1c(ccc3ccccc13)C2(C)C.Cc1cc2c(c3ccccc13)-c1ccc3ccccc3c1C2(C)C.Cc1cc2c(c3ccccc13)-c1ccccc1C2(C)C.Cc1cc2ccccc2c2c1C(C)(C)c1ccccc1-2.Cc1ccc2c(c1)-c1c(ccc3ccccc13)C2(C)C.Cc1ccc2ccc3c(c2c1)-c1ccccc1C3(C)C. The molecule has 624 valence electrons. The zero-order chi connectivity index (χ0) is 88.6. The molecule has 0 nitrogen and oxygen atoms in total. The van der Waals surface area contributed by atoms with E-state index in [9.17, 15) is 0 Å². The van der Waals surface area contributed by atoms with Gasteiger partial charge in [0.25, 0.3) is 0 Å². The molecular weight excluding hydrogens is 1540 g/mol. The van der Waals surface area contributed by atoms with Gasteiger partial charge in [0.1, 0.15) is 0 Å². The highest BCUT2D eigenvalue weighted by Gasteiger charge is 2.44. The summed E-state index contributed by atoms with van der Waals surface area (Å²) >= 11 is 0. The molecule has 0 unspecified atom stereocenters. The third-order valence-corrected chi connectivity index (χ3v) is 30.5. The average Bonchev–Trinajstić information content (AvgIpc) is 1.55. The van der Waals surface area contributed by atoms with Gasteiger partial charge in [-0.15, -0.1) is 0 Å². The van der Waals surface area contributed by atoms with Gasteiger partial charge in [-0.1, -0.05) is 446 Å². The van der Waals surface area contributed by atoms with Crippen LogP contribution in [0.3, 0.4) is 0 Å². The third kappa shape index (κ3) is 12.5. The van der Waals surface area contributed by atoms with Crippen molar-refractivity contribution in [3.63, 3.8) is 0 Å². The molecule has 6 aliphatic rings. The first-order valence-electron chi connectivity index (χ1n) is 46.2. The molecular formula is C128H112. The smallest absolute Gasteiger partial charge is 0.0165 e. The summed E-state index contributed by atoms with van der Waals surface area (Å²) in [4.78, 5) is 0. The maximum atomic E-state index is 2.41. The van der Waals surface area contributed by atoms with Gasteiger partial charge >= 0.3 is 0 Å². The van der Waals surface area contributed by atoms with E-state index in [4.69, 9.17) is 0 Å². The van der Waals surface area contributed by atoms with Crippen LogP contribution in [0.4, 0.5) is 0 Å². The zero-order valence-electron chi connectivity index (χ0n) is 77.5. The summed E-state index contributed by atoms with van der Waals surface area (Å²) in [6.45, 7) is 41.5. The predicted octanol–water partition coefficient (Wildman–Crippen LogP) is 35.0. The molecule has 0 amide bonds. The Morgan fingerprint density at radius 3 is 0.938 bits per heavy atom. The molecule has 0 fully saturated rings. The van der Waals surface area contributed by atoms with Gasteiger partial charge < -0.3 is 0 Å². The highest BCUT2D eigenvalue weighted by Crippen LogP contribution is 2.60. The molecule has 0 heteroatoms. The Kier molecular flexibility index (Phi) is 19.2. The van der Waals surface area contributed by atoms with Crippen molar-refractivity contribution in [3.8, 4) is 66.8 Å². The van der Waals surface area contributed by atoms with Crippen LogP contribution in [0.5, 0.6) is 0 Å². The Morgan fingerprint density at radius 2 is 0.422 bits per heavy atom. The second kappa shape index (κ2) is 30.1. The molecule has 26 rings (SSSR count). The van der Waals surface area contributed by atoms with Crippen molar-refractivity contribution in [1.29, 1.82) is 0 Å². The molecule has 0 N–H and O–H groups in total. The van der Waals surface area contributed by atoms with E-state index in [-0.39, 0.29) is 32.5 Å². The fourth-order valence-electron chi connectivity index (χ4n) is 24.1. The largest absolute Gasteiger partial charge is 0.0619 e. The highest BCUT2D eigenvalue weighted by molar-refractivity contribution is 6.14. The first-order chi connectivity index (χ1) is 61.6. The highest BCUT2D eigenvalue weighted by atomic mass is 14.5. The lowest BCUT2D eigenvalue weighted by Gasteiger charge is -2.23. The van der Waals surface area contributed by atoms with E-state index in [1.54, 1.807) is 0 Å². The van der Waals surface area contributed by atoms with Crippen LogP contribution in [-0.2, 0) is 32.5 Å². The molecule has 0 spiro atoms. The summed E-state index contributed by atoms with van der Waals surface area (Å²) < 4.78 is 0. The number of aryl methyl sites for hydroxylation is 6. The molecule has 0 saturated heterocycles. The van der Waals surface area contributed by atoms with Crippen molar-refractivity contribution in [2.24, 2.45) is 0 Å². The van der Waals surface area contributed by atoms with Crippen molar-refractivity contribution < 1.29 is 0 Å². The monoisotopic (exact) mass is 1650 g/mol. The quantitative estimate of drug-likeness (QED) is 0.142. The van der Waals surface area contributed by atoms with E-state index >= 15 is 0 Å². The van der Waals surface area contributed by atoms with E-state index in [1.165, 1.54) is 253 Å². The molecule has 6 aliphatic carbocycles. The minimum absolute atomic E-state index is 0.0281. The van der Waals surface area contributed by atoms with Crippen LogP contribution in [0.1, 0.15) is 183 Å². The van der Waals surface area contributed by atoms with Gasteiger partial charge in [-0.25, -0.2) is 0 Å². The van der Waals surface area contributed by atoms with E-state index in [1.807, 2.05) is 0 Å². The molecule has 20 aromatic carbocycles. The van der Waals surface area contributed by atoms with Gasteiger partial charge in [0.15, 0.2) is 0 Å². The van der Waals surface area contributed by atoms with Crippen LogP contribution in [0.25, 0.3) is 153 Å². The first-order valence-corrected chi connectivity index (χ1v) is 46.2. The summed E-state index contributed by atoms with van der Waals surface area (Å²) in [5.41, 5.74) is 43.3. The summed E-state index contributed by atoms with van der Waals surface area (Å²) in [6, 6.07) is 130. The van der Waals surface area contributed by atoms with Crippen LogP contribution < -0.4 is 0 Å². The Morgan fingerprint density at radius 1 is 0.141 bits per heavy atom. The molecule has 0 aromatic heterocycles. The Hall–Kier alpha value is -13.5. The predicted molar refractivity (Wildman–Crippen MR) is 553 cm³/mol. The minimum Gasteiger partial charge on any atom is -0.0619 e. The van der Waals surface area contributed by atoms with Gasteiger partial charge in [0.05, 0.1) is 0 Å². The molecule has 0 atom stereocenters. The lowest BCUT2D eigenvalue weighted by atomic mass is 9.79. The van der Waals surface area contributed by atoms with E-state index in [0.29, 0.717) is 0 Å². The molecule has 0 saturated carbocycles. The first kappa shape index (κ1) is 81.5. The van der Waals surface area contributed by atoms with Gasteiger partial charge in [0, 0.05) is 32.5 Å². The topological polar surface area (TPSA) is 0 Å². The van der Waals surface area contributed by atoms with Crippen molar-refractivity contribution in [1.82, 2.24) is 0 Å². The summed E-state index contributed by atoms with van der Waals surface area (Å²) in [5, 5.41) is 21.8. The molecule has 0 bridgehead atoms. The van der Waals surface area contributed by atoms with Gasteiger partial charge in [-0.3, -0.25) is 0 Å². The molecule has 0 heterocycles. The van der Waals surface area contributed by atoms with Crippen LogP contribution in [0, 0.1) is 41.5 Å². The van der Waals surface area contributed by atoms with Crippen LogP contribution in [0.2, 0.25) is 0 Å². The molecule has 0 radical (unpaired) electrons. The average molecular weight is 1650 g/mol. The number of hydrogen-bond acceptors (Lipinski definition) is 0. The minimum atomic E-state index is 0.0281. The standard InChI is InChI=1S/2C24H20.4C20H18/c1-15-14-21-22(19-11-7-6-9-17(15)19)20-13-12-16-8-4-5-10-18(16)23(20)24(21,2)3;1-15-14-21-23(19-11-7-6-9-17(15)19)22-18-10-5-4-8-16(18)12-13-20(22)24(21,2)3;1-13-12-18-19(15-9-5-4-8-14(13)15)16-10-6-7-11-17(16)20(18,2)3;1-13-12-14-8-4-5-9-15(14)18-16-10-6-7-11-17(16)20(2,3)19(13)18;1-13-8-10-17-16(12-13)19-15-7-5-4-6-14(15)9-11-18(19)20(17,2)3;1-13-8-9-14-10-11-18-19(16(14)12-13)15-6-4-5-7-17(15)20(18,2)3/h2*4-14H,1-3H3;4*4-12H,1-3H3. The molecule has 128 heavy (non-hydrogen) atoms. The lowest BCUT2D eigenvalue weighted by Crippen LogP contribution is -2.16. The zero-order valence-corrected chi connectivity index (χ0v) is 77.5. The van der Waals surface area contributed by atoms with Gasteiger partial charge in [-0.2, -0.15) is 0 Å². The number of benzene rings is 20. The van der Waals surface area contributed by atoms with Crippen molar-refractivity contribution in [2.45, 2.75) is 157 Å². The Labute approximate surface area is 756 Å². The lowest BCUT2D eigenvalue weighted by molar-refractivity contribution is 0.656. The van der Waals surface area contributed by atoms with Crippen LogP contribution in [-0.4, -0.2) is 0 Å². The fourth-order valence-corrected chi connectivity index (χ4v) is 24.1. The van der Waals surface area contributed by atoms with Gasteiger partial charge in [0.2, 0.25) is 0 Å². The second-order valence-corrected chi connectivity index (χ2v) is 40.4. The van der Waals surface area contributed by atoms with E-state index < -0.39 is 0 Å². The van der Waals surface area contributed by atoms with Crippen molar-refractivity contribution >= 4 is 86.2 Å². The number of hydrogen-bond donors (Lipinski definition) is 0. The number of rotatable bonds is 0. The maximum absolute atomic E-state index is 2.41. The van der Waals surface area contributed by atoms with E-state index in [2.05, 4.69) is 476 Å². The maximum Gasteiger partial charge on any atom is 0.0165 e. The van der Waals surface area contributed by atoms with Crippen LogP contribution >= 0.6 is 0 Å². The normalized spacial score (nSPS) is 15.0. The summed E-state index contributed by atoms with van der Waals surface area (Å²) in [5.74, 6) is 0.